The van der Waals surface area contributed by atoms with E-state index in [0.29, 0.717) is 19.1 Å². The first-order chi connectivity index (χ1) is 11.7. The maximum atomic E-state index is 6.05. The van der Waals surface area contributed by atoms with Crippen molar-refractivity contribution in [2.45, 2.75) is 33.1 Å². The van der Waals surface area contributed by atoms with Gasteiger partial charge in [0.1, 0.15) is 5.75 Å². The summed E-state index contributed by atoms with van der Waals surface area (Å²) in [5, 5.41) is 0. The fraction of sp³-hybridized carbons (Fsp3) is 0.429. The summed E-state index contributed by atoms with van der Waals surface area (Å²) in [6.07, 6.45) is 0.949. The molecule has 2 aromatic carbocycles. The van der Waals surface area contributed by atoms with E-state index in [9.17, 15) is 0 Å². The van der Waals surface area contributed by atoms with Crippen molar-refractivity contribution in [3.8, 4) is 5.75 Å². The van der Waals surface area contributed by atoms with Gasteiger partial charge in [0.25, 0.3) is 0 Å². The highest BCUT2D eigenvalue weighted by atomic mass is 16.5. The molecule has 0 heterocycles. The molecule has 3 heteroatoms. The molecule has 0 radical (unpaired) electrons. The number of hydrogen-bond donors (Lipinski definition) is 1. The molecule has 0 saturated heterocycles. The van der Waals surface area contributed by atoms with Gasteiger partial charge in [-0.3, -0.25) is 0 Å². The van der Waals surface area contributed by atoms with Gasteiger partial charge in [0.15, 0.2) is 0 Å². The zero-order valence-corrected chi connectivity index (χ0v) is 15.2. The molecule has 0 aromatic heterocycles. The average Bonchev–Trinajstić information content (AvgIpc) is 2.62. The quantitative estimate of drug-likeness (QED) is 0.750. The molecule has 0 spiro atoms. The summed E-state index contributed by atoms with van der Waals surface area (Å²) in [4.78, 5) is 2.36. The molecule has 2 aromatic rings. The van der Waals surface area contributed by atoms with Gasteiger partial charge in [-0.05, 0) is 69.1 Å². The lowest BCUT2D eigenvalue weighted by molar-refractivity contribution is 0.339. The second-order valence-corrected chi connectivity index (χ2v) is 5.98. The van der Waals surface area contributed by atoms with Gasteiger partial charge in [0, 0.05) is 24.7 Å². The third kappa shape index (κ3) is 4.75. The second-order valence-electron chi connectivity index (χ2n) is 5.98. The van der Waals surface area contributed by atoms with E-state index in [1.165, 1.54) is 16.8 Å². The highest BCUT2D eigenvalue weighted by Gasteiger charge is 2.12. The molecule has 1 unspecified atom stereocenters. The SMILES string of the molecule is CCOc1cccc(C(CN)Cc2ccc(N(CC)CC)cc2)c1. The maximum absolute atomic E-state index is 6.05. The molecule has 2 rings (SSSR count). The largest absolute Gasteiger partial charge is 0.494 e. The van der Waals surface area contributed by atoms with Crippen molar-refractivity contribution in [3.63, 3.8) is 0 Å². The molecule has 3 nitrogen and oxygen atoms in total. The first-order valence-corrected chi connectivity index (χ1v) is 8.98. The van der Waals surface area contributed by atoms with Crippen LogP contribution in [0.3, 0.4) is 0 Å². The molecule has 2 N–H and O–H groups in total. The Morgan fingerprint density at radius 3 is 2.29 bits per heavy atom. The number of hydrogen-bond acceptors (Lipinski definition) is 3. The van der Waals surface area contributed by atoms with Crippen molar-refractivity contribution in [3.05, 3.63) is 59.7 Å². The third-order valence-corrected chi connectivity index (χ3v) is 4.47. The highest BCUT2D eigenvalue weighted by molar-refractivity contribution is 5.47. The van der Waals surface area contributed by atoms with E-state index in [2.05, 4.69) is 55.1 Å². The minimum absolute atomic E-state index is 0.310. The minimum atomic E-state index is 0.310. The van der Waals surface area contributed by atoms with Crippen LogP contribution in [0.4, 0.5) is 5.69 Å². The van der Waals surface area contributed by atoms with E-state index in [0.717, 1.165) is 25.3 Å². The van der Waals surface area contributed by atoms with Gasteiger partial charge in [-0.25, -0.2) is 0 Å². The van der Waals surface area contributed by atoms with Crippen molar-refractivity contribution in [2.75, 3.05) is 31.1 Å². The zero-order valence-electron chi connectivity index (χ0n) is 15.2. The summed E-state index contributed by atoms with van der Waals surface area (Å²) in [6, 6.07) is 17.2. The van der Waals surface area contributed by atoms with Crippen LogP contribution in [0.5, 0.6) is 5.75 Å². The number of nitrogens with two attached hydrogens (primary N) is 1. The van der Waals surface area contributed by atoms with E-state index >= 15 is 0 Å². The summed E-state index contributed by atoms with van der Waals surface area (Å²) in [6.45, 7) is 9.76. The van der Waals surface area contributed by atoms with Crippen LogP contribution in [-0.2, 0) is 6.42 Å². The highest BCUT2D eigenvalue weighted by Crippen LogP contribution is 2.25. The van der Waals surface area contributed by atoms with Crippen molar-refractivity contribution >= 4 is 5.69 Å². The van der Waals surface area contributed by atoms with Crippen LogP contribution < -0.4 is 15.4 Å². The second kappa shape index (κ2) is 9.33. The number of anilines is 1. The zero-order chi connectivity index (χ0) is 17.4. The molecular weight excluding hydrogens is 296 g/mol. The Bertz CT molecular complexity index is 605. The predicted molar refractivity (Wildman–Crippen MR) is 103 cm³/mol. The van der Waals surface area contributed by atoms with Crippen molar-refractivity contribution in [1.29, 1.82) is 0 Å². The van der Waals surface area contributed by atoms with E-state index in [4.69, 9.17) is 10.5 Å². The molecule has 0 aliphatic carbocycles. The van der Waals surface area contributed by atoms with Crippen LogP contribution in [0.1, 0.15) is 37.8 Å². The minimum Gasteiger partial charge on any atom is -0.494 e. The third-order valence-electron chi connectivity index (χ3n) is 4.47. The molecule has 0 aliphatic rings. The van der Waals surface area contributed by atoms with Crippen LogP contribution in [-0.4, -0.2) is 26.2 Å². The topological polar surface area (TPSA) is 38.5 Å². The first-order valence-electron chi connectivity index (χ1n) is 8.98. The molecule has 0 fully saturated rings. The van der Waals surface area contributed by atoms with Crippen LogP contribution in [0.25, 0.3) is 0 Å². The molecule has 0 amide bonds. The maximum Gasteiger partial charge on any atom is 0.119 e. The van der Waals surface area contributed by atoms with Crippen LogP contribution in [0.2, 0.25) is 0 Å². The van der Waals surface area contributed by atoms with Gasteiger partial charge in [-0.15, -0.1) is 0 Å². The van der Waals surface area contributed by atoms with Gasteiger partial charge in [0.2, 0.25) is 0 Å². The summed E-state index contributed by atoms with van der Waals surface area (Å²) < 4.78 is 5.61. The van der Waals surface area contributed by atoms with E-state index < -0.39 is 0 Å². The monoisotopic (exact) mass is 326 g/mol. The molecule has 0 aliphatic heterocycles. The molecule has 0 bridgehead atoms. The summed E-state index contributed by atoms with van der Waals surface area (Å²) in [7, 11) is 0. The Morgan fingerprint density at radius 2 is 1.71 bits per heavy atom. The number of rotatable bonds is 9. The molecule has 1 atom stereocenters. The lowest BCUT2D eigenvalue weighted by Gasteiger charge is -2.22. The summed E-state index contributed by atoms with van der Waals surface area (Å²) in [5.74, 6) is 1.23. The number of benzene rings is 2. The Kier molecular flexibility index (Phi) is 7.13. The van der Waals surface area contributed by atoms with Crippen molar-refractivity contribution in [2.24, 2.45) is 5.73 Å². The van der Waals surface area contributed by atoms with Crippen LogP contribution >= 0.6 is 0 Å². The smallest absolute Gasteiger partial charge is 0.119 e. The fourth-order valence-electron chi connectivity index (χ4n) is 3.08. The number of nitrogens with zero attached hydrogens (tertiary/aromatic N) is 1. The van der Waals surface area contributed by atoms with Gasteiger partial charge in [-0.2, -0.15) is 0 Å². The lowest BCUT2D eigenvalue weighted by atomic mass is 9.92. The van der Waals surface area contributed by atoms with Crippen molar-refractivity contribution < 1.29 is 4.74 Å². The van der Waals surface area contributed by atoms with Crippen LogP contribution in [0.15, 0.2) is 48.5 Å². The molecule has 0 saturated carbocycles. The van der Waals surface area contributed by atoms with Gasteiger partial charge < -0.3 is 15.4 Å². The Morgan fingerprint density at radius 1 is 1.00 bits per heavy atom. The summed E-state index contributed by atoms with van der Waals surface area (Å²) in [5.41, 5.74) is 9.90. The van der Waals surface area contributed by atoms with E-state index in [-0.39, 0.29) is 0 Å². The normalized spacial score (nSPS) is 12.0. The fourth-order valence-corrected chi connectivity index (χ4v) is 3.08. The molecular formula is C21H30N2O. The predicted octanol–water partition coefficient (Wildman–Crippen LogP) is 4.22. The number of ether oxygens (including phenoxy) is 1. The molecule has 130 valence electrons. The van der Waals surface area contributed by atoms with Gasteiger partial charge in [0.05, 0.1) is 6.61 Å². The van der Waals surface area contributed by atoms with E-state index in [1.807, 2.05) is 19.1 Å². The average molecular weight is 326 g/mol. The van der Waals surface area contributed by atoms with Crippen LogP contribution in [0, 0.1) is 0 Å². The first kappa shape index (κ1) is 18.3. The molecule has 24 heavy (non-hydrogen) atoms. The Balaban J connectivity index is 2.11. The standard InChI is InChI=1S/C21H30N2O/c1-4-23(5-2)20-12-10-17(11-13-20)14-19(16-22)18-8-7-9-21(15-18)24-6-3/h7-13,15,19H,4-6,14,16,22H2,1-3H3. The van der Waals surface area contributed by atoms with Crippen molar-refractivity contribution in [1.82, 2.24) is 0 Å². The summed E-state index contributed by atoms with van der Waals surface area (Å²) >= 11 is 0. The Labute approximate surface area is 146 Å². The van der Waals surface area contributed by atoms with Gasteiger partial charge >= 0.3 is 0 Å². The lowest BCUT2D eigenvalue weighted by Crippen LogP contribution is -2.21. The van der Waals surface area contributed by atoms with Gasteiger partial charge in [-0.1, -0.05) is 24.3 Å². The Hall–Kier alpha value is -2.00. The van der Waals surface area contributed by atoms with E-state index in [1.54, 1.807) is 0 Å².